The summed E-state index contributed by atoms with van der Waals surface area (Å²) in [4.78, 5) is 2.21. The molecule has 1 heterocycles. The van der Waals surface area contributed by atoms with Crippen LogP contribution in [0.15, 0.2) is 67.2 Å². The number of ether oxygens (including phenoxy) is 1. The van der Waals surface area contributed by atoms with E-state index in [2.05, 4.69) is 54.1 Å². The van der Waals surface area contributed by atoms with E-state index in [4.69, 9.17) is 10.1 Å². The van der Waals surface area contributed by atoms with Crippen molar-refractivity contribution in [2.75, 3.05) is 38.2 Å². The van der Waals surface area contributed by atoms with E-state index in [9.17, 15) is 8.78 Å². The maximum atomic E-state index is 14.4. The average Bonchev–Trinajstić information content (AvgIpc) is 3.83. The summed E-state index contributed by atoms with van der Waals surface area (Å²) in [6, 6.07) is 19.8. The third-order valence-corrected chi connectivity index (χ3v) is 9.98. The van der Waals surface area contributed by atoms with E-state index in [0.29, 0.717) is 12.6 Å². The van der Waals surface area contributed by atoms with Crippen molar-refractivity contribution in [3.05, 3.63) is 101 Å². The fourth-order valence-corrected chi connectivity index (χ4v) is 7.28. The van der Waals surface area contributed by atoms with Gasteiger partial charge >= 0.3 is 0 Å². The van der Waals surface area contributed by atoms with Gasteiger partial charge in [-0.3, -0.25) is 9.29 Å². The molecule has 6 heteroatoms. The number of nitrogens with one attached hydrogen (secondary N) is 2. The molecule has 0 amide bonds. The number of halogens is 2. The molecule has 236 valence electrons. The quantitative estimate of drug-likeness (QED) is 0.150. The number of hydrogen-bond acceptors (Lipinski definition) is 4. The highest BCUT2D eigenvalue weighted by molar-refractivity contribution is 6.02. The van der Waals surface area contributed by atoms with Crippen LogP contribution >= 0.6 is 0 Å². The van der Waals surface area contributed by atoms with Crippen molar-refractivity contribution in [1.82, 2.24) is 4.90 Å². The van der Waals surface area contributed by atoms with E-state index in [-0.39, 0.29) is 18.4 Å². The summed E-state index contributed by atoms with van der Waals surface area (Å²) >= 11 is 0. The van der Waals surface area contributed by atoms with Crippen molar-refractivity contribution in [2.24, 2.45) is 17.8 Å². The number of fused-ring (bicyclic) bond motifs is 1. The van der Waals surface area contributed by atoms with Gasteiger partial charge in [-0.2, -0.15) is 0 Å². The first-order chi connectivity index (χ1) is 22.0. The molecule has 2 saturated carbocycles. The van der Waals surface area contributed by atoms with Gasteiger partial charge in [0, 0.05) is 49.1 Å². The molecule has 3 fully saturated rings. The van der Waals surface area contributed by atoms with Crippen molar-refractivity contribution in [2.45, 2.75) is 51.5 Å². The minimum absolute atomic E-state index is 0.176. The molecule has 1 aliphatic heterocycles. The number of allylic oxidation sites excluding steroid dienone is 1. The molecule has 2 unspecified atom stereocenters. The molecule has 3 aromatic carbocycles. The van der Waals surface area contributed by atoms with E-state index >= 15 is 0 Å². The van der Waals surface area contributed by atoms with Gasteiger partial charge in [0.05, 0.1) is 6.67 Å². The SMILES string of the molecule is C=Cc1cc(F)ccc1/C(=C(/CC)c1ccc(OCCN2CC(CF)C2)cc1)c1ccc(NC2CCC3CC3CC2)c(C=N)c1. The van der Waals surface area contributed by atoms with E-state index in [1.807, 2.05) is 18.2 Å². The Morgan fingerprint density at radius 2 is 1.71 bits per heavy atom. The monoisotopic (exact) mass is 609 g/mol. The molecular formula is C39H45F2N3O. The molecule has 0 radical (unpaired) electrons. The normalized spacial score (nSPS) is 22.0. The van der Waals surface area contributed by atoms with Gasteiger partial charge < -0.3 is 15.5 Å². The van der Waals surface area contributed by atoms with Crippen LogP contribution in [0.5, 0.6) is 5.75 Å². The zero-order valence-corrected chi connectivity index (χ0v) is 26.3. The first-order valence-corrected chi connectivity index (χ1v) is 16.6. The van der Waals surface area contributed by atoms with Gasteiger partial charge in [0.1, 0.15) is 18.2 Å². The lowest BCUT2D eigenvalue weighted by Gasteiger charge is -2.37. The largest absolute Gasteiger partial charge is 0.492 e. The van der Waals surface area contributed by atoms with Gasteiger partial charge in [0.25, 0.3) is 0 Å². The van der Waals surface area contributed by atoms with Crippen LogP contribution in [-0.2, 0) is 0 Å². The standard InChI is InChI=1S/C39H45F2N3O/c1-3-27-21-33(41)10-15-37(27)39(31-9-16-38(32(20-31)23-42)43-34-11-5-29-19-30(29)6-12-34)36(4-2)28-7-13-35(14-8-28)45-18-17-44-24-26(22-40)25-44/h3,7-10,13-16,20-21,23,26,29-30,34,42-43H,1,4-6,11-12,17-19,22,24-25H2,2H3/b39-36-,42-23?. The van der Waals surface area contributed by atoms with Crippen molar-refractivity contribution in [3.8, 4) is 5.75 Å². The summed E-state index contributed by atoms with van der Waals surface area (Å²) in [5.41, 5.74) is 7.64. The van der Waals surface area contributed by atoms with Gasteiger partial charge in [-0.1, -0.05) is 43.8 Å². The zero-order chi connectivity index (χ0) is 31.3. The van der Waals surface area contributed by atoms with Gasteiger partial charge in [0.15, 0.2) is 0 Å². The van der Waals surface area contributed by atoms with Gasteiger partial charge in [0.2, 0.25) is 0 Å². The Morgan fingerprint density at radius 3 is 2.38 bits per heavy atom. The lowest BCUT2D eigenvalue weighted by molar-refractivity contribution is 0.0668. The van der Waals surface area contributed by atoms with Crippen LogP contribution in [0.3, 0.4) is 0 Å². The maximum Gasteiger partial charge on any atom is 0.123 e. The molecule has 45 heavy (non-hydrogen) atoms. The number of likely N-dealkylation sites (tertiary alicyclic amines) is 1. The van der Waals surface area contributed by atoms with Gasteiger partial charge in [-0.25, -0.2) is 4.39 Å². The summed E-state index contributed by atoms with van der Waals surface area (Å²) in [5.74, 6) is 2.53. The topological polar surface area (TPSA) is 48.4 Å². The number of hydrogen-bond donors (Lipinski definition) is 2. The van der Waals surface area contributed by atoms with Crippen molar-refractivity contribution in [1.29, 1.82) is 5.41 Å². The second kappa shape index (κ2) is 14.1. The van der Waals surface area contributed by atoms with Crippen LogP contribution in [0.4, 0.5) is 14.5 Å². The molecule has 2 aliphatic carbocycles. The molecule has 2 atom stereocenters. The third kappa shape index (κ3) is 7.22. The maximum absolute atomic E-state index is 14.4. The Bertz CT molecular complexity index is 1530. The van der Waals surface area contributed by atoms with Crippen LogP contribution in [0.1, 0.15) is 73.3 Å². The zero-order valence-electron chi connectivity index (χ0n) is 26.3. The smallest absolute Gasteiger partial charge is 0.123 e. The second-order valence-electron chi connectivity index (χ2n) is 13.0. The molecule has 0 aromatic heterocycles. The van der Waals surface area contributed by atoms with Crippen LogP contribution in [-0.4, -0.2) is 50.1 Å². The molecule has 1 saturated heterocycles. The van der Waals surface area contributed by atoms with Gasteiger partial charge in [-0.15, -0.1) is 0 Å². The van der Waals surface area contributed by atoms with Crippen molar-refractivity contribution >= 4 is 29.1 Å². The summed E-state index contributed by atoms with van der Waals surface area (Å²) in [5, 5.41) is 12.1. The summed E-state index contributed by atoms with van der Waals surface area (Å²) < 4.78 is 33.1. The Morgan fingerprint density at radius 1 is 0.978 bits per heavy atom. The number of nitrogens with zero attached hydrogens (tertiary/aromatic N) is 1. The van der Waals surface area contributed by atoms with Crippen LogP contribution in [0, 0.1) is 29.0 Å². The summed E-state index contributed by atoms with van der Waals surface area (Å²) in [6.07, 6.45) is 10.3. The fourth-order valence-electron chi connectivity index (χ4n) is 7.28. The molecule has 4 nitrogen and oxygen atoms in total. The molecule has 6 rings (SSSR count). The Hall–Kier alpha value is -3.77. The van der Waals surface area contributed by atoms with Crippen LogP contribution in [0.25, 0.3) is 17.2 Å². The Kier molecular flexibility index (Phi) is 9.79. The second-order valence-corrected chi connectivity index (χ2v) is 13.0. The lowest BCUT2D eigenvalue weighted by atomic mass is 9.85. The molecule has 3 aromatic rings. The van der Waals surface area contributed by atoms with Gasteiger partial charge in [-0.05, 0) is 120 Å². The summed E-state index contributed by atoms with van der Waals surface area (Å²) in [6.45, 7) is 8.85. The number of anilines is 1. The highest BCUT2D eigenvalue weighted by Crippen LogP contribution is 2.48. The first kappa shape index (κ1) is 31.2. The van der Waals surface area contributed by atoms with Crippen LogP contribution < -0.4 is 10.1 Å². The minimum atomic E-state index is -0.299. The minimum Gasteiger partial charge on any atom is -0.492 e. The molecule has 0 spiro atoms. The molecule has 2 N–H and O–H groups in total. The van der Waals surface area contributed by atoms with E-state index in [0.717, 1.165) is 88.3 Å². The van der Waals surface area contributed by atoms with E-state index < -0.39 is 0 Å². The number of rotatable bonds is 13. The third-order valence-electron chi connectivity index (χ3n) is 9.98. The average molecular weight is 610 g/mol. The predicted octanol–water partition coefficient (Wildman–Crippen LogP) is 9.11. The van der Waals surface area contributed by atoms with E-state index in [1.165, 1.54) is 50.5 Å². The van der Waals surface area contributed by atoms with E-state index in [1.54, 1.807) is 6.08 Å². The van der Waals surface area contributed by atoms with Crippen LogP contribution in [0.2, 0.25) is 0 Å². The highest BCUT2D eigenvalue weighted by Gasteiger charge is 2.39. The molecule has 3 aliphatic rings. The fraction of sp³-hybridized carbons (Fsp3) is 0.410. The Balaban J connectivity index is 1.30. The number of alkyl halides is 1. The Labute approximate surface area is 266 Å². The van der Waals surface area contributed by atoms with Crippen molar-refractivity contribution < 1.29 is 13.5 Å². The summed E-state index contributed by atoms with van der Waals surface area (Å²) in [7, 11) is 0. The predicted molar refractivity (Wildman–Crippen MR) is 182 cm³/mol. The lowest BCUT2D eigenvalue weighted by Crippen LogP contribution is -2.49. The highest BCUT2D eigenvalue weighted by atomic mass is 19.1. The van der Waals surface area contributed by atoms with Crippen molar-refractivity contribution in [3.63, 3.8) is 0 Å². The molecule has 0 bridgehead atoms. The number of benzene rings is 3. The molecular weight excluding hydrogens is 564 g/mol. The first-order valence-electron chi connectivity index (χ1n) is 16.6.